The van der Waals surface area contributed by atoms with Gasteiger partial charge in [0.2, 0.25) is 0 Å². The summed E-state index contributed by atoms with van der Waals surface area (Å²) < 4.78 is -0.385. The Morgan fingerprint density at radius 2 is 2.14 bits per heavy atom. The average Bonchev–Trinajstić information content (AvgIpc) is 1.30. The van der Waals surface area contributed by atoms with Gasteiger partial charge in [-0.05, 0) is 5.16 Å². The molecular weight excluding hydrogens is 94.1 g/mol. The van der Waals surface area contributed by atoms with Crippen LogP contribution in [0.5, 0.6) is 0 Å². The Labute approximate surface area is 42.7 Å². The van der Waals surface area contributed by atoms with Crippen molar-refractivity contribution in [2.45, 2.75) is 0 Å². The first-order chi connectivity index (χ1) is 3.06. The third kappa shape index (κ3) is 5.39. The molecule has 0 heterocycles. The normalized spacial score (nSPS) is 10.7. The summed E-state index contributed by atoms with van der Waals surface area (Å²) in [6.07, 6.45) is 0. The molecular formula is C3H9N3O. The van der Waals surface area contributed by atoms with E-state index in [0.717, 1.165) is 0 Å². The third-order valence-electron chi connectivity index (χ3n) is 0.262. The van der Waals surface area contributed by atoms with Crippen molar-refractivity contribution in [2.24, 2.45) is 5.16 Å². The number of rotatable bonds is 2. The zero-order chi connectivity index (χ0) is 5.91. The quantitative estimate of drug-likeness (QED) is 0.286. The van der Waals surface area contributed by atoms with Crippen molar-refractivity contribution in [3.8, 4) is 0 Å². The molecule has 0 aromatic rings. The van der Waals surface area contributed by atoms with Gasteiger partial charge in [-0.15, -0.1) is 0 Å². The number of quaternary nitrogens is 1. The molecule has 0 aliphatic heterocycles. The summed E-state index contributed by atoms with van der Waals surface area (Å²) in [5, 5.41) is 3.04. The molecule has 0 aliphatic rings. The standard InChI is InChI=1S/C3H9N3O/c1-5-7-6(2,3)4/h4H,1H2,2-3H3. The Balaban J connectivity index is 3.34. The molecule has 42 valence electrons. The second-order valence-corrected chi connectivity index (χ2v) is 1.56. The highest BCUT2D eigenvalue weighted by Gasteiger charge is 1.95. The lowest BCUT2D eigenvalue weighted by atomic mass is 11.1. The number of hydrogen-bond acceptors (Lipinski definition) is 2. The minimum absolute atomic E-state index is 0.385. The summed E-state index contributed by atoms with van der Waals surface area (Å²) in [7, 11) is 3.04. The molecule has 0 aromatic carbocycles. The van der Waals surface area contributed by atoms with E-state index in [-0.39, 0.29) is 4.76 Å². The first-order valence-electron chi connectivity index (χ1n) is 1.80. The smallest absolute Gasteiger partial charge is 0.0993 e. The Hall–Kier alpha value is -0.610. The van der Waals surface area contributed by atoms with Crippen LogP contribution in [0.2, 0.25) is 0 Å². The van der Waals surface area contributed by atoms with E-state index in [4.69, 9.17) is 5.84 Å². The molecule has 4 heteroatoms. The predicted molar refractivity (Wildman–Crippen MR) is 27.1 cm³/mol. The third-order valence-corrected chi connectivity index (χ3v) is 0.262. The summed E-state index contributed by atoms with van der Waals surface area (Å²) in [4.78, 5) is 4.35. The van der Waals surface area contributed by atoms with Crippen LogP contribution in [-0.4, -0.2) is 25.6 Å². The van der Waals surface area contributed by atoms with Gasteiger partial charge in [-0.1, -0.05) is 0 Å². The van der Waals surface area contributed by atoms with Crippen LogP contribution in [0.4, 0.5) is 0 Å². The van der Waals surface area contributed by atoms with Crippen molar-refractivity contribution in [3.05, 3.63) is 5.84 Å². The number of nitrogens with one attached hydrogen (secondary N) is 1. The van der Waals surface area contributed by atoms with E-state index >= 15 is 0 Å². The predicted octanol–water partition coefficient (Wildman–Crippen LogP) is 0.577. The van der Waals surface area contributed by atoms with E-state index in [1.807, 2.05) is 0 Å². The Morgan fingerprint density at radius 1 is 1.71 bits per heavy atom. The average molecular weight is 103 g/mol. The van der Waals surface area contributed by atoms with Crippen LogP contribution in [-0.2, 0) is 4.94 Å². The van der Waals surface area contributed by atoms with Gasteiger partial charge in [0.25, 0.3) is 0 Å². The van der Waals surface area contributed by atoms with E-state index in [1.165, 1.54) is 14.1 Å². The lowest BCUT2D eigenvalue weighted by molar-refractivity contribution is -1.04. The van der Waals surface area contributed by atoms with E-state index in [1.54, 1.807) is 0 Å². The van der Waals surface area contributed by atoms with Crippen molar-refractivity contribution in [3.63, 3.8) is 0 Å². The molecule has 0 radical (unpaired) electrons. The zero-order valence-electron chi connectivity index (χ0n) is 4.51. The Kier molecular flexibility index (Phi) is 1.74. The Morgan fingerprint density at radius 3 is 2.14 bits per heavy atom. The first kappa shape index (κ1) is 6.39. The van der Waals surface area contributed by atoms with Gasteiger partial charge >= 0.3 is 0 Å². The largest absolute Gasteiger partial charge is 0.421 e. The lowest BCUT2D eigenvalue weighted by Crippen LogP contribution is -2.27. The number of nitrogens with zero attached hydrogens (tertiary/aromatic N) is 2. The minimum atomic E-state index is -0.385. The van der Waals surface area contributed by atoms with Gasteiger partial charge in [0.05, 0.1) is 14.1 Å². The van der Waals surface area contributed by atoms with E-state index < -0.39 is 0 Å². The van der Waals surface area contributed by atoms with E-state index in [2.05, 4.69) is 16.8 Å². The van der Waals surface area contributed by atoms with Gasteiger partial charge in [0.1, 0.15) is 0 Å². The molecule has 0 aromatic heterocycles. The van der Waals surface area contributed by atoms with Crippen LogP contribution in [0.25, 0.3) is 5.84 Å². The number of hydrogen-bond donors (Lipinski definition) is 0. The summed E-state index contributed by atoms with van der Waals surface area (Å²) >= 11 is 0. The molecule has 0 aliphatic carbocycles. The molecule has 0 saturated carbocycles. The molecule has 0 bridgehead atoms. The fourth-order valence-electron chi connectivity index (χ4n) is 0.144. The van der Waals surface area contributed by atoms with Crippen molar-refractivity contribution in [2.75, 3.05) is 14.1 Å². The lowest BCUT2D eigenvalue weighted by Gasteiger charge is -2.24. The van der Waals surface area contributed by atoms with Crippen molar-refractivity contribution >= 4 is 6.72 Å². The SMILES string of the molecule is C=NO[N+](C)(C)[NH-]. The van der Waals surface area contributed by atoms with Crippen molar-refractivity contribution in [1.29, 1.82) is 0 Å². The zero-order valence-corrected chi connectivity index (χ0v) is 4.51. The monoisotopic (exact) mass is 103 g/mol. The van der Waals surface area contributed by atoms with Crippen LogP contribution in [0, 0.1) is 0 Å². The topological polar surface area (TPSA) is 45.4 Å². The maximum absolute atomic E-state index is 6.91. The second kappa shape index (κ2) is 1.90. The highest BCUT2D eigenvalue weighted by atomic mass is 16.8. The summed E-state index contributed by atoms with van der Waals surface area (Å²) in [5.74, 6) is 6.91. The van der Waals surface area contributed by atoms with E-state index in [9.17, 15) is 0 Å². The Bertz CT molecular complexity index is 65.1. The van der Waals surface area contributed by atoms with Crippen LogP contribution in [0.15, 0.2) is 5.16 Å². The summed E-state index contributed by atoms with van der Waals surface area (Å²) in [6, 6.07) is 0. The van der Waals surface area contributed by atoms with Crippen molar-refractivity contribution in [1.82, 2.24) is 0 Å². The van der Waals surface area contributed by atoms with Gasteiger partial charge in [0.15, 0.2) is 0 Å². The van der Waals surface area contributed by atoms with Crippen LogP contribution in [0.3, 0.4) is 0 Å². The van der Waals surface area contributed by atoms with Crippen molar-refractivity contribution < 1.29 is 9.69 Å². The second-order valence-electron chi connectivity index (χ2n) is 1.56. The molecule has 0 saturated heterocycles. The molecule has 0 atom stereocenters. The highest BCUT2D eigenvalue weighted by Crippen LogP contribution is 1.94. The van der Waals surface area contributed by atoms with E-state index in [0.29, 0.717) is 0 Å². The molecule has 0 rings (SSSR count). The van der Waals surface area contributed by atoms with Crippen LogP contribution < -0.4 is 0 Å². The van der Waals surface area contributed by atoms with Crippen LogP contribution in [0.1, 0.15) is 0 Å². The molecule has 0 amide bonds. The number of hydroxylamine groups is 2. The molecule has 0 spiro atoms. The maximum Gasteiger partial charge on any atom is 0.0993 e. The first-order valence-corrected chi connectivity index (χ1v) is 1.80. The van der Waals surface area contributed by atoms with Gasteiger partial charge in [-0.2, -0.15) is 4.76 Å². The summed E-state index contributed by atoms with van der Waals surface area (Å²) in [5.41, 5.74) is 0. The van der Waals surface area contributed by atoms with Gasteiger partial charge in [0, 0.05) is 6.72 Å². The fourth-order valence-corrected chi connectivity index (χ4v) is 0.144. The fraction of sp³-hybridized carbons (Fsp3) is 0.667. The summed E-state index contributed by atoms with van der Waals surface area (Å²) in [6.45, 7) is 3.04. The molecule has 7 heavy (non-hydrogen) atoms. The van der Waals surface area contributed by atoms with Gasteiger partial charge in [-0.25, -0.2) is 4.94 Å². The van der Waals surface area contributed by atoms with Gasteiger partial charge in [-0.3, -0.25) is 0 Å². The molecule has 4 nitrogen and oxygen atoms in total. The number of oxime groups is 1. The maximum atomic E-state index is 6.91. The molecule has 0 unspecified atom stereocenters. The highest BCUT2D eigenvalue weighted by molar-refractivity contribution is 5.21. The molecule has 1 N–H and O–H groups in total. The minimum Gasteiger partial charge on any atom is -0.421 e. The van der Waals surface area contributed by atoms with Crippen LogP contribution >= 0.6 is 0 Å². The molecule has 0 fully saturated rings. The van der Waals surface area contributed by atoms with Gasteiger partial charge < -0.3 is 5.84 Å².